The van der Waals surface area contributed by atoms with E-state index in [-0.39, 0.29) is 6.10 Å². The van der Waals surface area contributed by atoms with Crippen molar-refractivity contribution in [2.75, 3.05) is 26.1 Å². The Kier molecular flexibility index (Phi) is 4.84. The summed E-state index contributed by atoms with van der Waals surface area (Å²) in [5.41, 5.74) is 7.55. The molecule has 0 aliphatic carbocycles. The van der Waals surface area contributed by atoms with Gasteiger partial charge in [0, 0.05) is 6.61 Å². The van der Waals surface area contributed by atoms with Crippen LogP contribution >= 0.6 is 0 Å². The van der Waals surface area contributed by atoms with Gasteiger partial charge in [-0.3, -0.25) is 0 Å². The molecule has 100 valence electrons. The molecule has 1 aromatic rings. The van der Waals surface area contributed by atoms with Crippen LogP contribution < -0.4 is 10.5 Å². The SMILES string of the molecule is COc1ccc(COCC2CCCCO2)cc1N. The van der Waals surface area contributed by atoms with Crippen molar-refractivity contribution < 1.29 is 14.2 Å². The zero-order valence-corrected chi connectivity index (χ0v) is 10.9. The second kappa shape index (κ2) is 6.61. The molecular weight excluding hydrogens is 230 g/mol. The van der Waals surface area contributed by atoms with Crippen LogP contribution in [0.2, 0.25) is 0 Å². The molecule has 1 atom stereocenters. The molecule has 2 rings (SSSR count). The van der Waals surface area contributed by atoms with Crippen LogP contribution in [0, 0.1) is 0 Å². The summed E-state index contributed by atoms with van der Waals surface area (Å²) in [7, 11) is 1.61. The summed E-state index contributed by atoms with van der Waals surface area (Å²) < 4.78 is 16.4. The first-order chi connectivity index (χ1) is 8.79. The van der Waals surface area contributed by atoms with Crippen molar-refractivity contribution in [1.82, 2.24) is 0 Å². The molecule has 2 N–H and O–H groups in total. The van der Waals surface area contributed by atoms with Crippen molar-refractivity contribution in [3.8, 4) is 5.75 Å². The van der Waals surface area contributed by atoms with Gasteiger partial charge in [0.15, 0.2) is 0 Å². The second-order valence-corrected chi connectivity index (χ2v) is 4.58. The average Bonchev–Trinajstić information content (AvgIpc) is 2.40. The van der Waals surface area contributed by atoms with Crippen LogP contribution in [0.25, 0.3) is 0 Å². The van der Waals surface area contributed by atoms with Gasteiger partial charge in [-0.15, -0.1) is 0 Å². The molecule has 0 saturated carbocycles. The Balaban J connectivity index is 1.77. The average molecular weight is 251 g/mol. The highest BCUT2D eigenvalue weighted by atomic mass is 16.5. The van der Waals surface area contributed by atoms with Gasteiger partial charge < -0.3 is 19.9 Å². The minimum atomic E-state index is 0.259. The normalized spacial score (nSPS) is 19.7. The zero-order valence-electron chi connectivity index (χ0n) is 10.9. The fraction of sp³-hybridized carbons (Fsp3) is 0.571. The summed E-state index contributed by atoms with van der Waals surface area (Å²) in [4.78, 5) is 0. The first kappa shape index (κ1) is 13.2. The van der Waals surface area contributed by atoms with Gasteiger partial charge in [-0.25, -0.2) is 0 Å². The molecule has 1 aliphatic rings. The molecule has 1 fully saturated rings. The molecule has 1 heterocycles. The maximum absolute atomic E-state index is 5.84. The van der Waals surface area contributed by atoms with Crippen molar-refractivity contribution in [1.29, 1.82) is 0 Å². The van der Waals surface area contributed by atoms with Gasteiger partial charge in [0.2, 0.25) is 0 Å². The van der Waals surface area contributed by atoms with E-state index in [2.05, 4.69) is 0 Å². The van der Waals surface area contributed by atoms with Crippen molar-refractivity contribution in [3.05, 3.63) is 23.8 Å². The lowest BCUT2D eigenvalue weighted by Crippen LogP contribution is -2.24. The summed E-state index contributed by atoms with van der Waals surface area (Å²) in [5.74, 6) is 0.703. The lowest BCUT2D eigenvalue weighted by Gasteiger charge is -2.22. The quantitative estimate of drug-likeness (QED) is 0.816. The molecule has 18 heavy (non-hydrogen) atoms. The summed E-state index contributed by atoms with van der Waals surface area (Å²) in [6.07, 6.45) is 3.77. The number of benzene rings is 1. The van der Waals surface area contributed by atoms with Crippen LogP contribution in [0.4, 0.5) is 5.69 Å². The Morgan fingerprint density at radius 2 is 2.28 bits per heavy atom. The third kappa shape index (κ3) is 3.62. The van der Waals surface area contributed by atoms with E-state index in [0.29, 0.717) is 24.7 Å². The smallest absolute Gasteiger partial charge is 0.141 e. The number of methoxy groups -OCH3 is 1. The first-order valence-electron chi connectivity index (χ1n) is 6.41. The van der Waals surface area contributed by atoms with E-state index in [4.69, 9.17) is 19.9 Å². The zero-order chi connectivity index (χ0) is 12.8. The van der Waals surface area contributed by atoms with Gasteiger partial charge in [0.1, 0.15) is 5.75 Å². The summed E-state index contributed by atoms with van der Waals surface area (Å²) >= 11 is 0. The summed E-state index contributed by atoms with van der Waals surface area (Å²) in [5, 5.41) is 0. The molecule has 1 unspecified atom stereocenters. The van der Waals surface area contributed by atoms with E-state index in [0.717, 1.165) is 18.6 Å². The molecule has 1 aromatic carbocycles. The topological polar surface area (TPSA) is 53.7 Å². The van der Waals surface area contributed by atoms with E-state index < -0.39 is 0 Å². The van der Waals surface area contributed by atoms with E-state index >= 15 is 0 Å². The molecule has 0 bridgehead atoms. The Labute approximate surface area is 108 Å². The highest BCUT2D eigenvalue weighted by Gasteiger charge is 2.13. The van der Waals surface area contributed by atoms with Crippen LogP contribution in [0.15, 0.2) is 18.2 Å². The van der Waals surface area contributed by atoms with Crippen molar-refractivity contribution in [2.45, 2.75) is 32.0 Å². The predicted molar refractivity (Wildman–Crippen MR) is 70.7 cm³/mol. The van der Waals surface area contributed by atoms with E-state index in [1.54, 1.807) is 7.11 Å². The molecule has 4 nitrogen and oxygen atoms in total. The number of nitrogens with two attached hydrogens (primary N) is 1. The molecular formula is C14H21NO3. The van der Waals surface area contributed by atoms with Gasteiger partial charge in [0.25, 0.3) is 0 Å². The van der Waals surface area contributed by atoms with Crippen molar-refractivity contribution >= 4 is 5.69 Å². The molecule has 0 spiro atoms. The minimum Gasteiger partial charge on any atom is -0.495 e. The Bertz CT molecular complexity index is 375. The van der Waals surface area contributed by atoms with Gasteiger partial charge in [-0.05, 0) is 37.0 Å². The van der Waals surface area contributed by atoms with Crippen LogP contribution in [-0.2, 0) is 16.1 Å². The fourth-order valence-corrected chi connectivity index (χ4v) is 2.12. The number of nitrogen functional groups attached to an aromatic ring is 1. The number of hydrogen-bond donors (Lipinski definition) is 1. The minimum absolute atomic E-state index is 0.259. The van der Waals surface area contributed by atoms with Crippen LogP contribution in [-0.4, -0.2) is 26.4 Å². The van der Waals surface area contributed by atoms with Crippen molar-refractivity contribution in [2.24, 2.45) is 0 Å². The molecule has 1 saturated heterocycles. The summed E-state index contributed by atoms with van der Waals surface area (Å²) in [6.45, 7) is 2.09. The molecule has 0 amide bonds. The number of anilines is 1. The molecule has 4 heteroatoms. The molecule has 0 aromatic heterocycles. The van der Waals surface area contributed by atoms with E-state index in [1.165, 1.54) is 12.8 Å². The number of rotatable bonds is 5. The second-order valence-electron chi connectivity index (χ2n) is 4.58. The lowest BCUT2D eigenvalue weighted by atomic mass is 10.1. The van der Waals surface area contributed by atoms with Crippen LogP contribution in [0.3, 0.4) is 0 Å². The third-order valence-corrected chi connectivity index (χ3v) is 3.14. The maximum atomic E-state index is 5.84. The molecule has 0 radical (unpaired) electrons. The molecule has 1 aliphatic heterocycles. The van der Waals surface area contributed by atoms with Gasteiger partial charge >= 0.3 is 0 Å². The van der Waals surface area contributed by atoms with Gasteiger partial charge in [0.05, 0.1) is 32.1 Å². The lowest BCUT2D eigenvalue weighted by molar-refractivity contribution is -0.0447. The predicted octanol–water partition coefficient (Wildman–Crippen LogP) is 2.36. The van der Waals surface area contributed by atoms with Crippen LogP contribution in [0.1, 0.15) is 24.8 Å². The Morgan fingerprint density at radius 1 is 1.39 bits per heavy atom. The monoisotopic (exact) mass is 251 g/mol. The van der Waals surface area contributed by atoms with Crippen molar-refractivity contribution in [3.63, 3.8) is 0 Å². The maximum Gasteiger partial charge on any atom is 0.141 e. The van der Waals surface area contributed by atoms with Gasteiger partial charge in [-0.1, -0.05) is 6.07 Å². The van der Waals surface area contributed by atoms with Crippen LogP contribution in [0.5, 0.6) is 5.75 Å². The Morgan fingerprint density at radius 3 is 2.94 bits per heavy atom. The van der Waals surface area contributed by atoms with E-state index in [9.17, 15) is 0 Å². The Hall–Kier alpha value is -1.26. The number of hydrogen-bond acceptors (Lipinski definition) is 4. The van der Waals surface area contributed by atoms with E-state index in [1.807, 2.05) is 18.2 Å². The standard InChI is InChI=1S/C14H21NO3/c1-16-14-6-5-11(8-13(14)15)9-17-10-12-4-2-3-7-18-12/h5-6,8,12H,2-4,7,9-10,15H2,1H3. The fourth-order valence-electron chi connectivity index (χ4n) is 2.12. The summed E-state index contributed by atoms with van der Waals surface area (Å²) in [6, 6.07) is 5.72. The third-order valence-electron chi connectivity index (χ3n) is 3.14. The van der Waals surface area contributed by atoms with Gasteiger partial charge in [-0.2, -0.15) is 0 Å². The highest BCUT2D eigenvalue weighted by molar-refractivity contribution is 5.54. The largest absolute Gasteiger partial charge is 0.495 e. The first-order valence-corrected chi connectivity index (χ1v) is 6.41. The number of ether oxygens (including phenoxy) is 3. The highest BCUT2D eigenvalue weighted by Crippen LogP contribution is 2.22.